The second-order valence-electron chi connectivity index (χ2n) is 26.8. The fourth-order valence-electron chi connectivity index (χ4n) is 12.6. The van der Waals surface area contributed by atoms with E-state index in [1.807, 2.05) is 36.4 Å². The molecule has 33 heteroatoms. The number of nitrogens with one attached hydrogen (secondary N) is 12. The predicted molar refractivity (Wildman–Crippen MR) is 389 cm³/mol. The number of benzene rings is 4. The molecule has 0 radical (unpaired) electrons. The van der Waals surface area contributed by atoms with E-state index in [-0.39, 0.29) is 95.7 Å². The minimum Gasteiger partial charge on any atom is -0.370 e. The lowest BCUT2D eigenvalue weighted by Gasteiger charge is -2.31. The summed E-state index contributed by atoms with van der Waals surface area (Å²) in [5, 5.41) is 33.6. The molecule has 0 unspecified atom stereocenters. The van der Waals surface area contributed by atoms with Crippen LogP contribution in [0.15, 0.2) is 127 Å². The van der Waals surface area contributed by atoms with Crippen molar-refractivity contribution in [2.75, 3.05) is 26.2 Å². The standard InChI is InChI=1S/C73H91ClN18O14/c1-40(2)30-51-65(99)85-50-25-28-79-63(97)52(32-42-12-5-4-6-13-42)83-61(95)37-57(69(103)84-49(64(98)86-51)17-10-27-80-73(76)77)90-70(104)56(36-60(94)81-39-58(62(75)96)91-71(105)59-18-11-29-92(59)72(50)106)89-68(102)55(35-45-14-9-26-78-38-45)88-67(101)54(33-43-20-23-48(74)24-21-43)87-66(100)53(82-41(3)93)34-44-19-22-46-15-7-8-16-47(46)31-44/h4-9,12-16,19-24,26,31,38,40,49-59H,10-11,17-18,25,27-30,32-37,39H2,1-3H3,(H2,75,96)(H,79,97)(H,81,94)(H,82,93)(H,83,95)(H,84,103)(H,85,99)(H,86,98)(H,87,100)(H,88,101)(H,89,102)(H,90,104)(H,91,105)(H4,76,77,80)/t49-,50+,51+,52+,53-,54-,55-,56+,57+,58+,59+/m1/s1. The van der Waals surface area contributed by atoms with Crippen LogP contribution in [0.4, 0.5) is 0 Å². The minimum absolute atomic E-state index is 0.000740. The van der Waals surface area contributed by atoms with Crippen LogP contribution in [0.3, 0.4) is 0 Å². The van der Waals surface area contributed by atoms with Gasteiger partial charge >= 0.3 is 0 Å². The molecule has 5 aromatic rings. The van der Waals surface area contributed by atoms with Crippen molar-refractivity contribution in [1.82, 2.24) is 73.7 Å². The molecule has 4 aromatic carbocycles. The molecular formula is C73H91ClN18O14. The van der Waals surface area contributed by atoms with Crippen molar-refractivity contribution in [3.8, 4) is 0 Å². The highest BCUT2D eigenvalue weighted by Gasteiger charge is 2.42. The third-order valence-corrected chi connectivity index (χ3v) is 18.2. The molecular weight excluding hydrogens is 1390 g/mol. The van der Waals surface area contributed by atoms with Crippen LogP contribution in [-0.2, 0) is 92.8 Å². The Morgan fingerprint density at radius 1 is 0.594 bits per heavy atom. The fourth-order valence-corrected chi connectivity index (χ4v) is 12.7. The van der Waals surface area contributed by atoms with Gasteiger partial charge in [0.25, 0.3) is 0 Å². The van der Waals surface area contributed by atoms with Gasteiger partial charge in [-0.2, -0.15) is 0 Å². The molecule has 9 rings (SSSR count). The van der Waals surface area contributed by atoms with Gasteiger partial charge < -0.3 is 85.9 Å². The maximum Gasteiger partial charge on any atom is 0.245 e. The number of halogens is 1. The smallest absolute Gasteiger partial charge is 0.245 e. The van der Waals surface area contributed by atoms with Crippen molar-refractivity contribution in [1.29, 1.82) is 0 Å². The summed E-state index contributed by atoms with van der Waals surface area (Å²) in [6.07, 6.45) is -0.376. The number of fused-ring (bicyclic) bond motifs is 24. The Kier molecular flexibility index (Phi) is 29.3. The van der Waals surface area contributed by atoms with Crippen LogP contribution < -0.4 is 81.0 Å². The van der Waals surface area contributed by atoms with Crippen molar-refractivity contribution in [3.05, 3.63) is 149 Å². The van der Waals surface area contributed by atoms with Crippen LogP contribution in [0, 0.1) is 5.92 Å². The topological polar surface area (TPSA) is 490 Å². The first kappa shape index (κ1) is 80.1. The highest BCUT2D eigenvalue weighted by Crippen LogP contribution is 2.22. The summed E-state index contributed by atoms with van der Waals surface area (Å²) >= 11 is 6.28. The largest absolute Gasteiger partial charge is 0.370 e. The van der Waals surface area contributed by atoms with Crippen molar-refractivity contribution in [3.63, 3.8) is 0 Å². The van der Waals surface area contributed by atoms with E-state index in [0.29, 0.717) is 27.3 Å². The van der Waals surface area contributed by atoms with Gasteiger partial charge in [-0.3, -0.25) is 77.1 Å². The molecule has 0 spiro atoms. The first-order valence-corrected chi connectivity index (χ1v) is 35.4. The molecule has 4 aliphatic heterocycles. The molecule has 564 valence electrons. The lowest BCUT2D eigenvalue weighted by Crippen LogP contribution is -2.62. The molecule has 11 atom stereocenters. The molecule has 4 fully saturated rings. The van der Waals surface area contributed by atoms with Gasteiger partial charge in [-0.1, -0.05) is 116 Å². The Balaban J connectivity index is 1.21. The summed E-state index contributed by atoms with van der Waals surface area (Å²) in [6, 6.07) is 13.2. The minimum atomic E-state index is -2.13. The number of nitrogens with two attached hydrogens (primary N) is 3. The zero-order valence-corrected chi connectivity index (χ0v) is 59.7. The zero-order valence-electron chi connectivity index (χ0n) is 59.0. The molecule has 4 saturated heterocycles. The van der Waals surface area contributed by atoms with Crippen LogP contribution in [0.25, 0.3) is 10.8 Å². The average molecular weight is 1480 g/mol. The Bertz CT molecular complexity index is 4050. The van der Waals surface area contributed by atoms with Gasteiger partial charge in [-0.15, -0.1) is 0 Å². The number of aromatic nitrogens is 1. The van der Waals surface area contributed by atoms with E-state index in [2.05, 4.69) is 73.8 Å². The van der Waals surface area contributed by atoms with Gasteiger partial charge in [-0.05, 0) is 95.7 Å². The Morgan fingerprint density at radius 3 is 1.91 bits per heavy atom. The number of nitrogens with zero attached hydrogens (tertiary/aromatic N) is 3. The van der Waals surface area contributed by atoms with E-state index >= 15 is 19.2 Å². The Labute approximate surface area is 616 Å². The number of aliphatic imine (C=N–C) groups is 1. The second kappa shape index (κ2) is 38.8. The summed E-state index contributed by atoms with van der Waals surface area (Å²) < 4.78 is 0. The number of carbonyl (C=O) groups is 14. The van der Waals surface area contributed by atoms with Gasteiger partial charge in [-0.25, -0.2) is 0 Å². The van der Waals surface area contributed by atoms with Gasteiger partial charge in [0, 0.05) is 76.2 Å². The van der Waals surface area contributed by atoms with Crippen LogP contribution in [0.2, 0.25) is 5.02 Å². The van der Waals surface area contributed by atoms with Crippen molar-refractivity contribution in [2.24, 2.45) is 28.1 Å². The summed E-state index contributed by atoms with van der Waals surface area (Å²) in [4.78, 5) is 214. The number of hydrogen-bond acceptors (Lipinski definition) is 16. The number of pyridine rings is 1. The van der Waals surface area contributed by atoms with E-state index in [9.17, 15) is 47.9 Å². The third kappa shape index (κ3) is 24.3. The molecule has 0 saturated carbocycles. The van der Waals surface area contributed by atoms with E-state index in [0.717, 1.165) is 10.8 Å². The summed E-state index contributed by atoms with van der Waals surface area (Å²) in [5.41, 5.74) is 19.1. The Morgan fingerprint density at radius 2 is 1.23 bits per heavy atom. The number of carbonyl (C=O) groups excluding carboxylic acids is 14. The van der Waals surface area contributed by atoms with E-state index in [4.69, 9.17) is 28.8 Å². The lowest BCUT2D eigenvalue weighted by molar-refractivity contribution is -0.142. The monoisotopic (exact) mass is 1480 g/mol. The van der Waals surface area contributed by atoms with Gasteiger partial charge in [0.15, 0.2) is 5.96 Å². The van der Waals surface area contributed by atoms with Gasteiger partial charge in [0.1, 0.15) is 66.5 Å². The van der Waals surface area contributed by atoms with E-state index in [1.165, 1.54) is 30.3 Å². The van der Waals surface area contributed by atoms with E-state index < -0.39 is 169 Å². The normalized spacial score (nSPS) is 21.9. The maximum atomic E-state index is 15.4. The summed E-state index contributed by atoms with van der Waals surface area (Å²) in [7, 11) is 0. The number of amides is 14. The van der Waals surface area contributed by atoms with E-state index in [1.54, 1.807) is 80.6 Å². The average Bonchev–Trinajstić information content (AvgIpc) is 1.63. The van der Waals surface area contributed by atoms with Gasteiger partial charge in [0.2, 0.25) is 82.7 Å². The molecule has 14 amide bonds. The molecule has 5 heterocycles. The lowest BCUT2D eigenvalue weighted by atomic mass is 9.99. The van der Waals surface area contributed by atoms with Crippen molar-refractivity contribution in [2.45, 2.75) is 164 Å². The number of guanidine groups is 1. The highest BCUT2D eigenvalue weighted by atomic mass is 35.5. The summed E-state index contributed by atoms with van der Waals surface area (Å²) in [6.45, 7) is 3.53. The fraction of sp³-hybridized carbons (Fsp3) is 0.425. The quantitative estimate of drug-likeness (QED) is 0.0155. The van der Waals surface area contributed by atoms with Crippen LogP contribution in [-0.4, -0.2) is 191 Å². The zero-order chi connectivity index (χ0) is 76.6. The van der Waals surface area contributed by atoms with Gasteiger partial charge in [0.05, 0.1) is 12.8 Å². The van der Waals surface area contributed by atoms with Crippen LogP contribution >= 0.6 is 11.6 Å². The molecule has 0 aliphatic carbocycles. The number of rotatable bonds is 22. The van der Waals surface area contributed by atoms with Crippen LogP contribution in [0.5, 0.6) is 0 Å². The first-order valence-electron chi connectivity index (χ1n) is 35.0. The molecule has 18 N–H and O–H groups in total. The van der Waals surface area contributed by atoms with Crippen molar-refractivity contribution < 1.29 is 67.1 Å². The highest BCUT2D eigenvalue weighted by molar-refractivity contribution is 6.30. The Hall–Kier alpha value is -11.6. The second-order valence-corrected chi connectivity index (χ2v) is 27.2. The maximum absolute atomic E-state index is 15.4. The molecule has 106 heavy (non-hydrogen) atoms. The first-order chi connectivity index (χ1) is 50.7. The molecule has 1 aromatic heterocycles. The predicted octanol–water partition coefficient (Wildman–Crippen LogP) is -1.97. The SMILES string of the molecule is CC(=O)N[C@H](Cc1ccc2ccccc2c1)C(=O)N[C@H](Cc1ccc(Cl)cc1)C(=O)N[C@H](Cc1cccnc1)C(=O)N[C@H]1CC(=O)NC[C@@H](C(N)=O)NC(=O)[C@@H]2CCCN2C(=O)[C@@H]2CCNC(=O)[C@H](Cc3ccccc3)NC(=O)C[C@H](NC1=O)C(=O)N[C@H](CCCN=C(N)N)C(=O)N[C@@H](CC(C)C)C(=O)N2. The molecule has 4 aliphatic rings. The van der Waals surface area contributed by atoms with Crippen molar-refractivity contribution >= 4 is 111 Å². The number of hydrogen-bond donors (Lipinski definition) is 15. The molecule has 32 nitrogen and oxygen atoms in total. The summed E-state index contributed by atoms with van der Waals surface area (Å²) in [5.74, 6) is -14.3. The third-order valence-electron chi connectivity index (χ3n) is 18.0. The van der Waals surface area contributed by atoms with Crippen LogP contribution in [0.1, 0.15) is 94.4 Å². The number of primary amides is 1. The molecule has 2 bridgehead atoms.